The van der Waals surface area contributed by atoms with Crippen LogP contribution in [0.25, 0.3) is 26.9 Å². The highest BCUT2D eigenvalue weighted by Crippen LogP contribution is 2.39. The van der Waals surface area contributed by atoms with E-state index in [2.05, 4.69) is 60.4 Å². The maximum atomic E-state index is 5.53. The predicted molar refractivity (Wildman–Crippen MR) is 163 cm³/mol. The fourth-order valence-corrected chi connectivity index (χ4v) is 6.59. The first-order chi connectivity index (χ1) is 19.5. The second-order valence-corrected chi connectivity index (χ2v) is 11.7. The van der Waals surface area contributed by atoms with E-state index in [1.165, 1.54) is 10.9 Å². The van der Waals surface area contributed by atoms with Gasteiger partial charge in [-0.2, -0.15) is 4.98 Å². The molecule has 1 aromatic carbocycles. The van der Waals surface area contributed by atoms with E-state index in [-0.39, 0.29) is 0 Å². The Morgan fingerprint density at radius 2 is 1.80 bits per heavy atom. The summed E-state index contributed by atoms with van der Waals surface area (Å²) >= 11 is 5.24. The molecular weight excluding hydrogens is 592 g/mol. The molecule has 1 N–H and O–H groups in total. The van der Waals surface area contributed by atoms with Gasteiger partial charge in [0.15, 0.2) is 17.3 Å². The number of aromatic nitrogens is 4. The molecule has 1 aliphatic heterocycles. The minimum absolute atomic E-state index is 0.481. The lowest BCUT2D eigenvalue weighted by atomic mass is 9.90. The maximum Gasteiger partial charge on any atom is 0.225 e. The number of nitrogens with one attached hydrogen (secondary N) is 1. The number of likely N-dealkylation sites (tertiary alicyclic amines) is 1. The Morgan fingerprint density at radius 1 is 1.05 bits per heavy atom. The van der Waals surface area contributed by atoms with Crippen LogP contribution in [0.1, 0.15) is 29.9 Å². The molecule has 11 heteroatoms. The number of thiophene rings is 1. The maximum absolute atomic E-state index is 5.53. The van der Waals surface area contributed by atoms with E-state index in [1.807, 2.05) is 24.4 Å². The highest BCUT2D eigenvalue weighted by atomic mass is 79.9. The van der Waals surface area contributed by atoms with Crippen LogP contribution in [-0.2, 0) is 6.54 Å². The number of fused-ring (bicyclic) bond motifs is 2. The third-order valence-electron chi connectivity index (χ3n) is 7.53. The van der Waals surface area contributed by atoms with Crippen molar-refractivity contribution in [3.8, 4) is 23.1 Å². The molecule has 5 aromatic rings. The molecule has 0 radical (unpaired) electrons. The van der Waals surface area contributed by atoms with Crippen molar-refractivity contribution in [3.05, 3.63) is 57.8 Å². The number of hydrogen-bond donors (Lipinski definition) is 1. The number of halogens is 1. The summed E-state index contributed by atoms with van der Waals surface area (Å²) in [5, 5.41) is 6.65. The number of pyridine rings is 1. The normalized spacial score (nSPS) is 14.6. The van der Waals surface area contributed by atoms with Crippen LogP contribution >= 0.6 is 27.3 Å². The van der Waals surface area contributed by atoms with Gasteiger partial charge in [0.2, 0.25) is 11.7 Å². The molecule has 0 saturated carbocycles. The van der Waals surface area contributed by atoms with Gasteiger partial charge in [0.1, 0.15) is 4.60 Å². The zero-order valence-electron chi connectivity index (χ0n) is 22.9. The van der Waals surface area contributed by atoms with Crippen molar-refractivity contribution in [2.45, 2.75) is 25.3 Å². The van der Waals surface area contributed by atoms with Gasteiger partial charge >= 0.3 is 0 Å². The van der Waals surface area contributed by atoms with E-state index in [4.69, 9.17) is 24.2 Å². The molecule has 9 nitrogen and oxygen atoms in total. The van der Waals surface area contributed by atoms with Gasteiger partial charge in [0, 0.05) is 24.3 Å². The minimum Gasteiger partial charge on any atom is -0.493 e. The number of anilines is 1. The van der Waals surface area contributed by atoms with E-state index in [1.54, 1.807) is 32.7 Å². The lowest BCUT2D eigenvalue weighted by Crippen LogP contribution is -2.29. The third-order valence-corrected chi connectivity index (χ3v) is 8.87. The topological polar surface area (TPSA) is 86.6 Å². The summed E-state index contributed by atoms with van der Waals surface area (Å²) in [4.78, 5) is 16.8. The molecule has 0 atom stereocenters. The van der Waals surface area contributed by atoms with E-state index >= 15 is 0 Å². The molecule has 0 aliphatic carbocycles. The summed E-state index contributed by atoms with van der Waals surface area (Å²) in [6.07, 6.45) is 6.51. The van der Waals surface area contributed by atoms with E-state index in [0.717, 1.165) is 57.6 Å². The van der Waals surface area contributed by atoms with Crippen LogP contribution in [0.5, 0.6) is 17.2 Å². The Labute approximate surface area is 245 Å². The first-order valence-corrected chi connectivity index (χ1v) is 14.8. The second kappa shape index (κ2) is 11.2. The Kier molecular flexibility index (Phi) is 7.52. The fourth-order valence-electron chi connectivity index (χ4n) is 5.45. The lowest BCUT2D eigenvalue weighted by molar-refractivity contribution is 0.256. The van der Waals surface area contributed by atoms with Crippen molar-refractivity contribution < 1.29 is 14.2 Å². The smallest absolute Gasteiger partial charge is 0.225 e. The SMILES string of the molecule is COc1cc(CNc2nc(-n3cc(C4CCN(C)CC4)c4cnc(Br)cc43)c3sccc3n2)cc(OC)c1OC. The molecule has 0 bridgehead atoms. The molecule has 0 amide bonds. The Hall–Kier alpha value is -3.41. The first-order valence-electron chi connectivity index (χ1n) is 13.1. The number of benzene rings is 1. The van der Waals surface area contributed by atoms with Gasteiger partial charge in [-0.15, -0.1) is 11.3 Å². The summed E-state index contributed by atoms with van der Waals surface area (Å²) in [6.45, 7) is 2.67. The molecule has 1 aliphatic rings. The van der Waals surface area contributed by atoms with Crippen LogP contribution in [0.2, 0.25) is 0 Å². The molecule has 0 spiro atoms. The van der Waals surface area contributed by atoms with Crippen LogP contribution in [0.3, 0.4) is 0 Å². The standard InChI is InChI=1S/C29H31BrN6O3S/c1-35-8-5-18(6-9-35)20-16-36(22-13-25(30)31-15-19(20)22)28-27-21(7-10-40-27)33-29(34-28)32-14-17-11-23(37-2)26(39-4)24(12-17)38-3/h7,10-13,15-16,18H,5-6,8-9,14H2,1-4H3,(H,32,33,34). The number of ether oxygens (including phenoxy) is 3. The average Bonchev–Trinajstić information content (AvgIpc) is 3.60. The van der Waals surface area contributed by atoms with Gasteiger partial charge in [0.05, 0.1) is 37.1 Å². The first kappa shape index (κ1) is 26.8. The minimum atomic E-state index is 0.481. The number of hydrogen-bond acceptors (Lipinski definition) is 9. The van der Waals surface area contributed by atoms with E-state index in [9.17, 15) is 0 Å². The van der Waals surface area contributed by atoms with Crippen molar-refractivity contribution in [1.82, 2.24) is 24.4 Å². The second-order valence-electron chi connectivity index (χ2n) is 9.95. The van der Waals surface area contributed by atoms with Crippen LogP contribution in [0.4, 0.5) is 5.95 Å². The number of methoxy groups -OCH3 is 3. The zero-order valence-corrected chi connectivity index (χ0v) is 25.3. The number of nitrogens with zero attached hydrogens (tertiary/aromatic N) is 5. The Bertz CT molecular complexity index is 1650. The largest absolute Gasteiger partial charge is 0.493 e. The van der Waals surface area contributed by atoms with Crippen molar-refractivity contribution in [1.29, 1.82) is 0 Å². The van der Waals surface area contributed by atoms with Gasteiger partial charge < -0.3 is 24.4 Å². The van der Waals surface area contributed by atoms with E-state index < -0.39 is 0 Å². The summed E-state index contributed by atoms with van der Waals surface area (Å²) < 4.78 is 20.6. The highest BCUT2D eigenvalue weighted by Gasteiger charge is 2.24. The van der Waals surface area contributed by atoms with Crippen molar-refractivity contribution >= 4 is 54.3 Å². The lowest BCUT2D eigenvalue weighted by Gasteiger charge is -2.28. The van der Waals surface area contributed by atoms with Crippen molar-refractivity contribution in [2.24, 2.45) is 0 Å². The molecular formula is C29H31BrN6O3S. The molecule has 208 valence electrons. The average molecular weight is 624 g/mol. The third kappa shape index (κ3) is 4.97. The Balaban J connectivity index is 1.40. The van der Waals surface area contributed by atoms with Crippen molar-refractivity contribution in [3.63, 3.8) is 0 Å². The summed E-state index contributed by atoms with van der Waals surface area (Å²) in [5.74, 6) is 3.66. The molecule has 0 unspecified atom stereocenters. The number of rotatable bonds is 8. The number of piperidine rings is 1. The van der Waals surface area contributed by atoms with Gasteiger partial charge in [-0.1, -0.05) is 0 Å². The summed E-state index contributed by atoms with van der Waals surface area (Å²) in [7, 11) is 7.02. The monoisotopic (exact) mass is 622 g/mol. The van der Waals surface area contributed by atoms with Gasteiger partial charge in [-0.3, -0.25) is 4.57 Å². The van der Waals surface area contributed by atoms with Gasteiger partial charge in [0.25, 0.3) is 0 Å². The van der Waals surface area contributed by atoms with Crippen LogP contribution in [0, 0.1) is 0 Å². The quantitative estimate of drug-likeness (QED) is 0.204. The molecule has 1 saturated heterocycles. The van der Waals surface area contributed by atoms with Crippen LogP contribution in [0.15, 0.2) is 46.6 Å². The van der Waals surface area contributed by atoms with Gasteiger partial charge in [-0.05, 0) is 95.6 Å². The van der Waals surface area contributed by atoms with E-state index in [0.29, 0.717) is 35.7 Å². The molecule has 1 fully saturated rings. The van der Waals surface area contributed by atoms with Gasteiger partial charge in [-0.25, -0.2) is 9.97 Å². The van der Waals surface area contributed by atoms with Crippen molar-refractivity contribution in [2.75, 3.05) is 46.8 Å². The van der Waals surface area contributed by atoms with Crippen LogP contribution < -0.4 is 19.5 Å². The highest BCUT2D eigenvalue weighted by molar-refractivity contribution is 9.10. The molecule has 4 aromatic heterocycles. The summed E-state index contributed by atoms with van der Waals surface area (Å²) in [5.41, 5.74) is 4.27. The predicted octanol–water partition coefficient (Wildman–Crippen LogP) is 6.24. The van der Waals surface area contributed by atoms with Crippen LogP contribution in [-0.4, -0.2) is 65.9 Å². The molecule has 6 rings (SSSR count). The fraction of sp³-hybridized carbons (Fsp3) is 0.345. The zero-order chi connectivity index (χ0) is 27.8. The molecule has 5 heterocycles. The molecule has 40 heavy (non-hydrogen) atoms. The Morgan fingerprint density at radius 3 is 2.50 bits per heavy atom. The summed E-state index contributed by atoms with van der Waals surface area (Å²) in [6, 6.07) is 7.97.